The number of ether oxygens (including phenoxy) is 3. The third kappa shape index (κ3) is 7.59. The number of allylic oxidation sites excluding steroid dienone is 1. The monoisotopic (exact) mass is 686 g/mol. The van der Waals surface area contributed by atoms with E-state index in [4.69, 9.17) is 24.3 Å². The summed E-state index contributed by atoms with van der Waals surface area (Å²) in [5.41, 5.74) is 2.45. The molecular weight excluding hydrogens is 647 g/mol. The van der Waals surface area contributed by atoms with Gasteiger partial charge in [0.2, 0.25) is 11.1 Å². The first kappa shape index (κ1) is 32.3. The number of fused-ring (bicyclic) bond motifs is 1. The van der Waals surface area contributed by atoms with Gasteiger partial charge in [-0.2, -0.15) is 4.98 Å². The van der Waals surface area contributed by atoms with E-state index < -0.39 is 6.04 Å². The first-order valence-corrected chi connectivity index (χ1v) is 17.3. The first-order chi connectivity index (χ1) is 21.4. The Morgan fingerprint density at radius 3 is 2.68 bits per heavy atom. The zero-order chi connectivity index (χ0) is 31.1. The molecule has 1 aromatic heterocycles. The van der Waals surface area contributed by atoms with Crippen molar-refractivity contribution >= 4 is 39.6 Å². The van der Waals surface area contributed by atoms with Crippen LogP contribution in [0, 0.1) is 5.82 Å². The molecule has 1 N–H and O–H groups in total. The van der Waals surface area contributed by atoms with Gasteiger partial charge in [-0.15, -0.1) is 5.10 Å². The standard InChI is InChI=1S/C33H40BrFN4O4S/c1-4-6-12-17-42-30-25(34)18-23(19-27(30)41-5-2)29-28(31(40)43-24-14-8-7-9-15-24)21(3)36-32-37-33(38-39(29)32)44-20-22-13-10-11-16-26(22)35/h10-11,13,16,18-19,24,29H,4-9,12,14-15,17,20H2,1-3H3,(H,36,37,38). The number of rotatable bonds is 13. The van der Waals surface area contributed by atoms with Crippen molar-refractivity contribution in [1.29, 1.82) is 0 Å². The fourth-order valence-corrected chi connectivity index (χ4v) is 6.99. The molecule has 0 amide bonds. The first-order valence-electron chi connectivity index (χ1n) is 15.5. The summed E-state index contributed by atoms with van der Waals surface area (Å²) in [6, 6.07) is 9.91. The number of benzene rings is 2. The zero-order valence-electron chi connectivity index (χ0n) is 25.5. The summed E-state index contributed by atoms with van der Waals surface area (Å²) >= 11 is 5.06. The van der Waals surface area contributed by atoms with Crippen LogP contribution < -0.4 is 14.8 Å². The normalized spacial score (nSPS) is 16.8. The lowest BCUT2D eigenvalue weighted by Crippen LogP contribution is -2.32. The number of hydrogen-bond donors (Lipinski definition) is 1. The Hall–Kier alpha value is -3.05. The summed E-state index contributed by atoms with van der Waals surface area (Å²) in [7, 11) is 0. The van der Waals surface area contributed by atoms with Gasteiger partial charge in [-0.05, 0) is 91.2 Å². The fourth-order valence-electron chi connectivity index (χ4n) is 5.60. The molecule has 0 radical (unpaired) electrons. The molecule has 3 aromatic rings. The van der Waals surface area contributed by atoms with Crippen molar-refractivity contribution in [1.82, 2.24) is 14.8 Å². The van der Waals surface area contributed by atoms with Crippen LogP contribution in [0.15, 0.2) is 57.3 Å². The number of carbonyl (C=O) groups is 1. The van der Waals surface area contributed by atoms with Gasteiger partial charge >= 0.3 is 5.97 Å². The lowest BCUT2D eigenvalue weighted by Gasteiger charge is -2.30. The van der Waals surface area contributed by atoms with Gasteiger partial charge in [0, 0.05) is 11.4 Å². The SMILES string of the molecule is CCCCCOc1c(Br)cc(C2C(C(=O)OC3CCCCC3)=C(C)Nc3nc(SCc4ccccc4F)nn32)cc1OCC. The van der Waals surface area contributed by atoms with Crippen LogP contribution in [-0.2, 0) is 15.3 Å². The second-order valence-electron chi connectivity index (χ2n) is 11.1. The van der Waals surface area contributed by atoms with E-state index in [9.17, 15) is 9.18 Å². The lowest BCUT2D eigenvalue weighted by molar-refractivity contribution is -0.146. The number of esters is 1. The minimum absolute atomic E-state index is 0.106. The summed E-state index contributed by atoms with van der Waals surface area (Å²) in [5.74, 6) is 1.44. The molecular formula is C33H40BrFN4O4S. The lowest BCUT2D eigenvalue weighted by atomic mass is 9.94. The van der Waals surface area contributed by atoms with Crippen molar-refractivity contribution in [3.8, 4) is 11.5 Å². The van der Waals surface area contributed by atoms with E-state index in [2.05, 4.69) is 28.2 Å². The maximum absolute atomic E-state index is 14.3. The summed E-state index contributed by atoms with van der Waals surface area (Å²) in [5, 5.41) is 8.56. The minimum Gasteiger partial charge on any atom is -0.490 e. The zero-order valence-corrected chi connectivity index (χ0v) is 27.9. The van der Waals surface area contributed by atoms with Crippen LogP contribution in [0.1, 0.15) is 89.3 Å². The number of nitrogens with zero attached hydrogens (tertiary/aromatic N) is 3. The van der Waals surface area contributed by atoms with Gasteiger partial charge in [-0.3, -0.25) is 0 Å². The van der Waals surface area contributed by atoms with Crippen LogP contribution in [-0.4, -0.2) is 40.1 Å². The molecule has 1 atom stereocenters. The van der Waals surface area contributed by atoms with E-state index in [0.29, 0.717) is 58.4 Å². The Balaban J connectivity index is 1.51. The van der Waals surface area contributed by atoms with Crippen molar-refractivity contribution in [3.05, 3.63) is 69.1 Å². The molecule has 1 fully saturated rings. The van der Waals surface area contributed by atoms with Crippen LogP contribution in [0.5, 0.6) is 11.5 Å². The molecule has 2 aliphatic rings. The quantitative estimate of drug-likeness (QED) is 0.109. The number of aromatic nitrogens is 3. The molecule has 44 heavy (non-hydrogen) atoms. The molecule has 8 nitrogen and oxygen atoms in total. The largest absolute Gasteiger partial charge is 0.490 e. The topological polar surface area (TPSA) is 87.5 Å². The maximum atomic E-state index is 14.3. The van der Waals surface area contributed by atoms with E-state index in [1.807, 2.05) is 32.0 Å². The molecule has 1 saturated carbocycles. The van der Waals surface area contributed by atoms with Gasteiger partial charge in [-0.1, -0.05) is 56.1 Å². The molecule has 0 saturated heterocycles. The summed E-state index contributed by atoms with van der Waals surface area (Å²) in [4.78, 5) is 18.6. The van der Waals surface area contributed by atoms with Gasteiger partial charge in [0.05, 0.1) is 23.3 Å². The summed E-state index contributed by atoms with van der Waals surface area (Å²) < 4.78 is 35.1. The summed E-state index contributed by atoms with van der Waals surface area (Å²) in [6.07, 6.45) is 8.02. The van der Waals surface area contributed by atoms with Gasteiger partial charge in [0.15, 0.2) is 11.5 Å². The van der Waals surface area contributed by atoms with Crippen LogP contribution in [0.3, 0.4) is 0 Å². The van der Waals surface area contributed by atoms with Crippen molar-refractivity contribution in [2.24, 2.45) is 0 Å². The molecule has 5 rings (SSSR count). The van der Waals surface area contributed by atoms with Crippen LogP contribution in [0.25, 0.3) is 0 Å². The molecule has 1 unspecified atom stereocenters. The second-order valence-corrected chi connectivity index (χ2v) is 12.9. The van der Waals surface area contributed by atoms with Crippen molar-refractivity contribution in [2.45, 2.75) is 95.2 Å². The predicted octanol–water partition coefficient (Wildman–Crippen LogP) is 8.60. The fraction of sp³-hybridized carbons (Fsp3) is 0.485. The smallest absolute Gasteiger partial charge is 0.338 e. The van der Waals surface area contributed by atoms with E-state index in [0.717, 1.165) is 61.4 Å². The number of hydrogen-bond acceptors (Lipinski definition) is 8. The Morgan fingerprint density at radius 2 is 1.93 bits per heavy atom. The number of anilines is 1. The molecule has 11 heteroatoms. The van der Waals surface area contributed by atoms with E-state index in [-0.39, 0.29) is 17.9 Å². The van der Waals surface area contributed by atoms with Crippen LogP contribution in [0.2, 0.25) is 0 Å². The highest BCUT2D eigenvalue weighted by atomic mass is 79.9. The number of nitrogens with one attached hydrogen (secondary N) is 1. The Kier molecular flexibility index (Phi) is 11.2. The number of unbranched alkanes of at least 4 members (excludes halogenated alkanes) is 2. The van der Waals surface area contributed by atoms with E-state index >= 15 is 0 Å². The van der Waals surface area contributed by atoms with Crippen LogP contribution in [0.4, 0.5) is 10.3 Å². The minimum atomic E-state index is -0.637. The van der Waals surface area contributed by atoms with Gasteiger partial charge < -0.3 is 19.5 Å². The maximum Gasteiger partial charge on any atom is 0.338 e. The molecule has 1 aliphatic heterocycles. The molecule has 1 aliphatic carbocycles. The van der Waals surface area contributed by atoms with Crippen molar-refractivity contribution < 1.29 is 23.4 Å². The third-order valence-corrected chi connectivity index (χ3v) is 9.31. The third-order valence-electron chi connectivity index (χ3n) is 7.84. The highest BCUT2D eigenvalue weighted by Gasteiger charge is 2.37. The van der Waals surface area contributed by atoms with E-state index in [1.54, 1.807) is 16.8 Å². The highest BCUT2D eigenvalue weighted by Crippen LogP contribution is 2.44. The summed E-state index contributed by atoms with van der Waals surface area (Å²) in [6.45, 7) is 6.97. The molecule has 0 bridgehead atoms. The van der Waals surface area contributed by atoms with Gasteiger partial charge in [0.25, 0.3) is 0 Å². The molecule has 2 aromatic carbocycles. The number of halogens is 2. The average molecular weight is 688 g/mol. The van der Waals surface area contributed by atoms with Crippen molar-refractivity contribution in [2.75, 3.05) is 18.5 Å². The Bertz CT molecular complexity index is 1490. The average Bonchev–Trinajstić information content (AvgIpc) is 3.42. The molecule has 236 valence electrons. The van der Waals surface area contributed by atoms with Crippen molar-refractivity contribution in [3.63, 3.8) is 0 Å². The Labute approximate surface area is 271 Å². The second kappa shape index (κ2) is 15.3. The van der Waals surface area contributed by atoms with Crippen LogP contribution >= 0.6 is 27.7 Å². The van der Waals surface area contributed by atoms with Gasteiger partial charge in [-0.25, -0.2) is 13.9 Å². The predicted molar refractivity (Wildman–Crippen MR) is 174 cm³/mol. The van der Waals surface area contributed by atoms with Gasteiger partial charge in [0.1, 0.15) is 18.0 Å². The number of thioether (sulfide) groups is 1. The Morgan fingerprint density at radius 1 is 1.14 bits per heavy atom. The molecule has 0 spiro atoms. The highest BCUT2D eigenvalue weighted by molar-refractivity contribution is 9.10. The van der Waals surface area contributed by atoms with E-state index in [1.165, 1.54) is 17.8 Å². The molecule has 2 heterocycles. The number of carbonyl (C=O) groups excluding carboxylic acids is 1.